The average molecular weight is 234 g/mol. The van der Waals surface area contributed by atoms with Gasteiger partial charge in [0.2, 0.25) is 6.29 Å². The van der Waals surface area contributed by atoms with E-state index in [1.807, 2.05) is 6.92 Å². The van der Waals surface area contributed by atoms with Crippen LogP contribution in [0.3, 0.4) is 0 Å². The minimum atomic E-state index is -0.758. The van der Waals surface area contributed by atoms with Crippen LogP contribution >= 0.6 is 11.8 Å². The van der Waals surface area contributed by atoms with E-state index in [0.29, 0.717) is 12.2 Å². The SMILES string of the molecule is CCSC(=O)OC(CC)OC(=O)C(C)C. The van der Waals surface area contributed by atoms with Crippen molar-refractivity contribution in [1.82, 2.24) is 0 Å². The van der Waals surface area contributed by atoms with E-state index < -0.39 is 11.6 Å². The van der Waals surface area contributed by atoms with Gasteiger partial charge >= 0.3 is 11.3 Å². The molecule has 0 bridgehead atoms. The number of carbonyl (C=O) groups excluding carboxylic acids is 2. The molecule has 88 valence electrons. The van der Waals surface area contributed by atoms with Crippen LogP contribution in [0.5, 0.6) is 0 Å². The zero-order chi connectivity index (χ0) is 11.8. The van der Waals surface area contributed by atoms with Crippen molar-refractivity contribution in [2.45, 2.75) is 40.4 Å². The van der Waals surface area contributed by atoms with Crippen molar-refractivity contribution in [2.24, 2.45) is 5.92 Å². The molecule has 0 aromatic heterocycles. The van der Waals surface area contributed by atoms with Gasteiger partial charge in [0.15, 0.2) is 0 Å². The molecule has 0 aliphatic rings. The van der Waals surface area contributed by atoms with Crippen LogP contribution in [0.15, 0.2) is 0 Å². The fourth-order valence-electron chi connectivity index (χ4n) is 0.716. The maximum Gasteiger partial charge on any atom is 0.370 e. The summed E-state index contributed by atoms with van der Waals surface area (Å²) in [6.07, 6.45) is -0.291. The lowest BCUT2D eigenvalue weighted by molar-refractivity contribution is -0.170. The number of hydrogen-bond donors (Lipinski definition) is 0. The van der Waals surface area contributed by atoms with Crippen molar-refractivity contribution in [3.63, 3.8) is 0 Å². The van der Waals surface area contributed by atoms with Crippen LogP contribution < -0.4 is 0 Å². The van der Waals surface area contributed by atoms with Gasteiger partial charge in [0, 0.05) is 12.2 Å². The van der Waals surface area contributed by atoms with Crippen LogP contribution in [0.1, 0.15) is 34.1 Å². The maximum absolute atomic E-state index is 11.2. The van der Waals surface area contributed by atoms with Crippen molar-refractivity contribution < 1.29 is 19.1 Å². The van der Waals surface area contributed by atoms with Gasteiger partial charge in [-0.05, 0) is 11.8 Å². The molecule has 0 saturated heterocycles. The first-order chi connectivity index (χ1) is 7.01. The number of hydrogen-bond acceptors (Lipinski definition) is 5. The standard InChI is InChI=1S/C10H18O4S/c1-5-8(13-9(11)7(3)4)14-10(12)15-6-2/h7-8H,5-6H2,1-4H3. The highest BCUT2D eigenvalue weighted by atomic mass is 32.2. The molecule has 0 N–H and O–H groups in total. The molecule has 0 spiro atoms. The van der Waals surface area contributed by atoms with Gasteiger partial charge < -0.3 is 9.47 Å². The van der Waals surface area contributed by atoms with E-state index in [1.54, 1.807) is 20.8 Å². The van der Waals surface area contributed by atoms with Gasteiger partial charge in [-0.25, -0.2) is 4.79 Å². The molecular weight excluding hydrogens is 216 g/mol. The van der Waals surface area contributed by atoms with Gasteiger partial charge in [-0.1, -0.05) is 27.7 Å². The first-order valence-corrected chi connectivity index (χ1v) is 6.03. The molecular formula is C10H18O4S. The molecule has 0 aliphatic heterocycles. The molecule has 0 heterocycles. The lowest BCUT2D eigenvalue weighted by Gasteiger charge is -2.17. The quantitative estimate of drug-likeness (QED) is 0.541. The Balaban J connectivity index is 4.03. The van der Waals surface area contributed by atoms with Crippen LogP contribution in [-0.2, 0) is 14.3 Å². The zero-order valence-electron chi connectivity index (χ0n) is 9.61. The Bertz CT molecular complexity index is 215. The summed E-state index contributed by atoms with van der Waals surface area (Å²) in [6.45, 7) is 7.12. The van der Waals surface area contributed by atoms with Gasteiger partial charge in [-0.2, -0.15) is 0 Å². The number of ether oxygens (including phenoxy) is 2. The van der Waals surface area contributed by atoms with Crippen molar-refractivity contribution in [3.05, 3.63) is 0 Å². The van der Waals surface area contributed by atoms with Gasteiger partial charge in [0.1, 0.15) is 0 Å². The Kier molecular flexibility index (Phi) is 7.21. The molecule has 0 saturated carbocycles. The summed E-state index contributed by atoms with van der Waals surface area (Å²) >= 11 is 1.06. The number of esters is 1. The smallest absolute Gasteiger partial charge is 0.370 e. The molecule has 0 aromatic rings. The summed E-state index contributed by atoms with van der Waals surface area (Å²) in [7, 11) is 0. The molecule has 4 nitrogen and oxygen atoms in total. The van der Waals surface area contributed by atoms with Crippen molar-refractivity contribution in [3.8, 4) is 0 Å². The first kappa shape index (κ1) is 14.3. The van der Waals surface area contributed by atoms with Gasteiger partial charge in [0.05, 0.1) is 5.92 Å². The van der Waals surface area contributed by atoms with Crippen LogP contribution in [-0.4, -0.2) is 23.3 Å². The molecule has 0 radical (unpaired) electrons. The van der Waals surface area contributed by atoms with E-state index in [0.717, 1.165) is 11.8 Å². The molecule has 5 heteroatoms. The molecule has 0 aliphatic carbocycles. The highest BCUT2D eigenvalue weighted by Crippen LogP contribution is 2.11. The van der Waals surface area contributed by atoms with E-state index in [9.17, 15) is 9.59 Å². The highest BCUT2D eigenvalue weighted by Gasteiger charge is 2.18. The lowest BCUT2D eigenvalue weighted by atomic mass is 10.2. The second-order valence-electron chi connectivity index (χ2n) is 3.23. The lowest BCUT2D eigenvalue weighted by Crippen LogP contribution is -2.24. The minimum absolute atomic E-state index is 0.211. The summed E-state index contributed by atoms with van der Waals surface area (Å²) in [4.78, 5) is 22.3. The highest BCUT2D eigenvalue weighted by molar-refractivity contribution is 8.13. The van der Waals surface area contributed by atoms with E-state index in [2.05, 4.69) is 0 Å². The largest absolute Gasteiger partial charge is 0.425 e. The van der Waals surface area contributed by atoms with Crippen LogP contribution in [0, 0.1) is 5.92 Å². The second kappa shape index (κ2) is 7.56. The molecule has 15 heavy (non-hydrogen) atoms. The van der Waals surface area contributed by atoms with E-state index >= 15 is 0 Å². The third-order valence-electron chi connectivity index (χ3n) is 1.54. The van der Waals surface area contributed by atoms with E-state index in [1.165, 1.54) is 0 Å². The molecule has 1 unspecified atom stereocenters. The summed E-state index contributed by atoms with van der Waals surface area (Å²) < 4.78 is 9.92. The Labute approximate surface area is 94.7 Å². The van der Waals surface area contributed by atoms with Gasteiger partial charge in [-0.15, -0.1) is 0 Å². The number of thioether (sulfide) groups is 1. The molecule has 1 atom stereocenters. The monoisotopic (exact) mass is 234 g/mol. The fraction of sp³-hybridized carbons (Fsp3) is 0.800. The minimum Gasteiger partial charge on any atom is -0.425 e. The summed E-state index contributed by atoms with van der Waals surface area (Å²) in [5.74, 6) is 0.0839. The second-order valence-corrected chi connectivity index (χ2v) is 4.43. The summed E-state index contributed by atoms with van der Waals surface area (Å²) in [6, 6.07) is 0. The maximum atomic E-state index is 11.2. The summed E-state index contributed by atoms with van der Waals surface area (Å²) in [5.41, 5.74) is 0. The van der Waals surface area contributed by atoms with E-state index in [-0.39, 0.29) is 11.9 Å². The van der Waals surface area contributed by atoms with Crippen LogP contribution in [0.25, 0.3) is 0 Å². The third kappa shape index (κ3) is 6.38. The Morgan fingerprint density at radius 3 is 2.20 bits per heavy atom. The van der Waals surface area contributed by atoms with Crippen LogP contribution in [0.2, 0.25) is 0 Å². The normalized spacial score (nSPS) is 12.3. The van der Waals surface area contributed by atoms with E-state index in [4.69, 9.17) is 9.47 Å². The van der Waals surface area contributed by atoms with Crippen molar-refractivity contribution >= 4 is 23.0 Å². The molecule has 0 aromatic carbocycles. The fourth-order valence-corrected chi connectivity index (χ4v) is 1.13. The van der Waals surface area contributed by atoms with Gasteiger partial charge in [-0.3, -0.25) is 4.79 Å². The van der Waals surface area contributed by atoms with Crippen LogP contribution in [0.4, 0.5) is 4.79 Å². The zero-order valence-corrected chi connectivity index (χ0v) is 10.4. The molecule has 0 amide bonds. The van der Waals surface area contributed by atoms with Crippen molar-refractivity contribution in [1.29, 1.82) is 0 Å². The average Bonchev–Trinajstić information content (AvgIpc) is 2.16. The number of carbonyl (C=O) groups is 2. The predicted octanol–water partition coefficient (Wildman–Crippen LogP) is 2.81. The Hall–Kier alpha value is -0.710. The first-order valence-electron chi connectivity index (χ1n) is 5.05. The molecule has 0 rings (SSSR count). The Morgan fingerprint density at radius 1 is 1.20 bits per heavy atom. The summed E-state index contributed by atoms with van der Waals surface area (Å²) in [5, 5.41) is -0.402. The number of rotatable bonds is 5. The third-order valence-corrected chi connectivity index (χ3v) is 2.16. The predicted molar refractivity (Wildman–Crippen MR) is 59.6 cm³/mol. The van der Waals surface area contributed by atoms with Crippen molar-refractivity contribution in [2.75, 3.05) is 5.75 Å². The topological polar surface area (TPSA) is 52.6 Å². The Morgan fingerprint density at radius 2 is 1.80 bits per heavy atom. The van der Waals surface area contributed by atoms with Gasteiger partial charge in [0.25, 0.3) is 0 Å². The molecule has 0 fully saturated rings.